The minimum atomic E-state index is -3.59. The van der Waals surface area contributed by atoms with Crippen LogP contribution in [0.4, 0.5) is 26.7 Å². The summed E-state index contributed by atoms with van der Waals surface area (Å²) in [5, 5.41) is 7.97. The van der Waals surface area contributed by atoms with Crippen LogP contribution in [0.1, 0.15) is 6.42 Å². The minimum absolute atomic E-state index is 0.368. The van der Waals surface area contributed by atoms with Crippen molar-refractivity contribution < 1.29 is 27.5 Å². The van der Waals surface area contributed by atoms with Crippen LogP contribution in [0.3, 0.4) is 0 Å². The lowest BCUT2D eigenvalue weighted by Gasteiger charge is -2.26. The van der Waals surface area contributed by atoms with Crippen LogP contribution in [0.25, 0.3) is 0 Å². The maximum atomic E-state index is 12.7. The molecule has 1 fully saturated rings. The fourth-order valence-electron chi connectivity index (χ4n) is 3.08. The van der Waals surface area contributed by atoms with E-state index in [9.17, 15) is 22.8 Å². The van der Waals surface area contributed by atoms with Gasteiger partial charge in [0, 0.05) is 34.9 Å². The maximum Gasteiger partial charge on any atom is 0.414 e. The fourth-order valence-corrected chi connectivity index (χ4v) is 4.05. The van der Waals surface area contributed by atoms with Gasteiger partial charge in [-0.3, -0.25) is 9.69 Å². The largest absolute Gasteiger partial charge is 0.449 e. The fraction of sp³-hybridized carbons (Fsp3) is 0.286. The molecular formula is C21H23ClN4O6S. The number of halogens is 1. The lowest BCUT2D eigenvalue weighted by molar-refractivity contribution is -0.117. The number of amides is 4. The van der Waals surface area contributed by atoms with Gasteiger partial charge in [-0.25, -0.2) is 18.0 Å². The van der Waals surface area contributed by atoms with Crippen LogP contribution in [-0.4, -0.2) is 57.7 Å². The summed E-state index contributed by atoms with van der Waals surface area (Å²) in [7, 11) is -3.59. The first kappa shape index (κ1) is 24.3. The van der Waals surface area contributed by atoms with Gasteiger partial charge in [0.25, 0.3) is 0 Å². The first-order valence-corrected chi connectivity index (χ1v) is 12.4. The van der Waals surface area contributed by atoms with Crippen molar-refractivity contribution in [2.24, 2.45) is 0 Å². The van der Waals surface area contributed by atoms with Crippen LogP contribution in [-0.2, 0) is 19.4 Å². The first-order valence-electron chi connectivity index (χ1n) is 9.97. The lowest BCUT2D eigenvalue weighted by Crippen LogP contribution is -2.49. The van der Waals surface area contributed by atoms with E-state index in [-0.39, 0.29) is 0 Å². The van der Waals surface area contributed by atoms with E-state index in [0.29, 0.717) is 41.7 Å². The zero-order valence-electron chi connectivity index (χ0n) is 17.7. The predicted molar refractivity (Wildman–Crippen MR) is 125 cm³/mol. The molecule has 0 bridgehead atoms. The van der Waals surface area contributed by atoms with Gasteiger partial charge in [-0.2, -0.15) is 0 Å². The topological polar surface area (TPSA) is 134 Å². The number of carbonyl (C=O) groups excluding carboxylic acids is 3. The van der Waals surface area contributed by atoms with E-state index in [2.05, 4.69) is 16.0 Å². The van der Waals surface area contributed by atoms with E-state index >= 15 is 0 Å². The summed E-state index contributed by atoms with van der Waals surface area (Å²) >= 11 is 5.81. The SMILES string of the molecule is CS(=O)(=O)C[C@@H](NC(=O)Nc1ccc(Cl)cc1)C(=O)Nc1ccc(N2CCCOC2=O)cc1. The molecule has 33 heavy (non-hydrogen) atoms. The van der Waals surface area contributed by atoms with Gasteiger partial charge in [0.2, 0.25) is 5.91 Å². The van der Waals surface area contributed by atoms with E-state index in [4.69, 9.17) is 16.3 Å². The van der Waals surface area contributed by atoms with Crippen molar-refractivity contribution in [1.29, 1.82) is 0 Å². The van der Waals surface area contributed by atoms with E-state index < -0.39 is 39.7 Å². The van der Waals surface area contributed by atoms with E-state index in [1.54, 1.807) is 48.5 Å². The standard InChI is InChI=1S/C21H23ClN4O6S/c1-33(30,31)13-18(25-20(28)24-16-5-3-14(22)4-6-16)19(27)23-15-7-9-17(10-8-15)26-11-2-12-32-21(26)29/h3-10,18H,2,11-13H2,1H3,(H,23,27)(H2,24,25,28)/t18-/m1/s1. The zero-order chi connectivity index (χ0) is 24.0. The van der Waals surface area contributed by atoms with Gasteiger partial charge in [-0.05, 0) is 55.0 Å². The monoisotopic (exact) mass is 494 g/mol. The average Bonchev–Trinajstić information content (AvgIpc) is 2.75. The molecule has 0 aliphatic carbocycles. The smallest absolute Gasteiger partial charge is 0.414 e. The molecule has 3 N–H and O–H groups in total. The summed E-state index contributed by atoms with van der Waals surface area (Å²) in [6.07, 6.45) is 1.24. The summed E-state index contributed by atoms with van der Waals surface area (Å²) in [6, 6.07) is 10.6. The van der Waals surface area contributed by atoms with Crippen molar-refractivity contribution in [2.75, 3.05) is 40.7 Å². The third-order valence-electron chi connectivity index (χ3n) is 4.61. The summed E-state index contributed by atoms with van der Waals surface area (Å²) in [5.74, 6) is -1.30. The van der Waals surface area contributed by atoms with E-state index in [1.165, 1.54) is 4.90 Å². The molecule has 3 rings (SSSR count). The summed E-state index contributed by atoms with van der Waals surface area (Å²) in [4.78, 5) is 38.4. The highest BCUT2D eigenvalue weighted by Gasteiger charge is 2.26. The molecule has 0 radical (unpaired) electrons. The van der Waals surface area contributed by atoms with Crippen LogP contribution in [0.15, 0.2) is 48.5 Å². The Morgan fingerprint density at radius 3 is 2.27 bits per heavy atom. The molecular weight excluding hydrogens is 472 g/mol. The number of urea groups is 1. The van der Waals surface area contributed by atoms with Crippen LogP contribution in [0.5, 0.6) is 0 Å². The molecule has 1 aliphatic heterocycles. The molecule has 1 saturated heterocycles. The van der Waals surface area contributed by atoms with E-state index in [0.717, 1.165) is 6.26 Å². The molecule has 176 valence electrons. The molecule has 0 aromatic heterocycles. The van der Waals surface area contributed by atoms with Gasteiger partial charge in [-0.15, -0.1) is 0 Å². The second-order valence-corrected chi connectivity index (χ2v) is 10.0. The molecule has 0 spiro atoms. The number of benzene rings is 2. The minimum Gasteiger partial charge on any atom is -0.449 e. The van der Waals surface area contributed by atoms with Crippen LogP contribution in [0, 0.1) is 0 Å². The Labute approximate surface area is 196 Å². The molecule has 1 heterocycles. The van der Waals surface area contributed by atoms with Crippen LogP contribution < -0.4 is 20.9 Å². The molecule has 0 saturated carbocycles. The van der Waals surface area contributed by atoms with E-state index in [1.807, 2.05) is 0 Å². The summed E-state index contributed by atoms with van der Waals surface area (Å²) in [5.41, 5.74) is 1.39. The van der Waals surface area contributed by atoms with Crippen molar-refractivity contribution >= 4 is 56.5 Å². The molecule has 0 unspecified atom stereocenters. The average molecular weight is 495 g/mol. The van der Waals surface area contributed by atoms with Gasteiger partial charge in [0.05, 0.1) is 12.4 Å². The number of ether oxygens (including phenoxy) is 1. The molecule has 2 aromatic rings. The Morgan fingerprint density at radius 2 is 1.67 bits per heavy atom. The number of sulfone groups is 1. The highest BCUT2D eigenvalue weighted by molar-refractivity contribution is 7.90. The van der Waals surface area contributed by atoms with Crippen molar-refractivity contribution in [3.05, 3.63) is 53.6 Å². The van der Waals surface area contributed by atoms with Crippen LogP contribution in [0.2, 0.25) is 5.02 Å². The summed E-state index contributed by atoms with van der Waals surface area (Å²) < 4.78 is 28.6. The third-order valence-corrected chi connectivity index (χ3v) is 5.80. The molecule has 2 aromatic carbocycles. The Balaban J connectivity index is 1.66. The van der Waals surface area contributed by atoms with Gasteiger partial charge < -0.3 is 20.7 Å². The van der Waals surface area contributed by atoms with Crippen molar-refractivity contribution in [3.8, 4) is 0 Å². The van der Waals surface area contributed by atoms with Gasteiger partial charge in [-0.1, -0.05) is 11.6 Å². The highest BCUT2D eigenvalue weighted by atomic mass is 35.5. The maximum absolute atomic E-state index is 12.7. The van der Waals surface area contributed by atoms with Crippen molar-refractivity contribution in [1.82, 2.24) is 5.32 Å². The number of nitrogens with zero attached hydrogens (tertiary/aromatic N) is 1. The highest BCUT2D eigenvalue weighted by Crippen LogP contribution is 2.21. The molecule has 1 atom stereocenters. The second kappa shape index (κ2) is 10.5. The van der Waals surface area contributed by atoms with Crippen LogP contribution >= 0.6 is 11.6 Å². The van der Waals surface area contributed by atoms with Gasteiger partial charge >= 0.3 is 12.1 Å². The molecule has 10 nitrogen and oxygen atoms in total. The normalized spacial score (nSPS) is 14.7. The van der Waals surface area contributed by atoms with Gasteiger partial charge in [0.1, 0.15) is 15.9 Å². The number of anilines is 3. The van der Waals surface area contributed by atoms with Crippen molar-refractivity contribution in [3.63, 3.8) is 0 Å². The number of rotatable bonds is 7. The summed E-state index contributed by atoms with van der Waals surface area (Å²) in [6.45, 7) is 0.900. The molecule has 4 amide bonds. The number of hydrogen-bond donors (Lipinski definition) is 3. The first-order chi connectivity index (χ1) is 15.6. The Hall–Kier alpha value is -3.31. The molecule has 12 heteroatoms. The number of nitrogens with one attached hydrogen (secondary N) is 3. The third kappa shape index (κ3) is 7.36. The lowest BCUT2D eigenvalue weighted by atomic mass is 10.2. The number of carbonyl (C=O) groups is 3. The van der Waals surface area contributed by atoms with Gasteiger partial charge in [0.15, 0.2) is 0 Å². The second-order valence-electron chi connectivity index (χ2n) is 7.41. The zero-order valence-corrected chi connectivity index (χ0v) is 19.3. The molecule has 1 aliphatic rings. The quantitative estimate of drug-likeness (QED) is 0.542. The Kier molecular flexibility index (Phi) is 7.77. The van der Waals surface area contributed by atoms with Crippen molar-refractivity contribution in [2.45, 2.75) is 12.5 Å². The number of hydrogen-bond acceptors (Lipinski definition) is 6. The number of cyclic esters (lactones) is 1. The predicted octanol–water partition coefficient (Wildman–Crippen LogP) is 2.86. The Morgan fingerprint density at radius 1 is 1.06 bits per heavy atom. The Bertz CT molecular complexity index is 1120.